The van der Waals surface area contributed by atoms with Crippen LogP contribution < -0.4 is 21.2 Å². The van der Waals surface area contributed by atoms with Gasteiger partial charge in [-0.1, -0.05) is 35.9 Å². The molecule has 1 aliphatic carbocycles. The fourth-order valence-electron chi connectivity index (χ4n) is 4.15. The van der Waals surface area contributed by atoms with Crippen LogP contribution in [0, 0.1) is 0 Å². The fourth-order valence-corrected chi connectivity index (χ4v) is 4.40. The van der Waals surface area contributed by atoms with Gasteiger partial charge in [0, 0.05) is 12.5 Å². The third-order valence-electron chi connectivity index (χ3n) is 5.84. The molecule has 2 amide bonds. The minimum Gasteiger partial charge on any atom is -0.486 e. The summed E-state index contributed by atoms with van der Waals surface area (Å²) in [5.74, 6) is 0.419. The topological polar surface area (TPSA) is 125 Å². The first-order chi connectivity index (χ1) is 16.4. The summed E-state index contributed by atoms with van der Waals surface area (Å²) >= 11 is 6.36. The summed E-state index contributed by atoms with van der Waals surface area (Å²) in [6.45, 7) is 1.87. The number of hydrogen-bond acceptors (Lipinski definition) is 8. The van der Waals surface area contributed by atoms with Gasteiger partial charge in [-0.3, -0.25) is 9.59 Å². The number of benzene rings is 1. The van der Waals surface area contributed by atoms with E-state index in [4.69, 9.17) is 22.1 Å². The average Bonchev–Trinajstić information content (AvgIpc) is 3.41. The van der Waals surface area contributed by atoms with Gasteiger partial charge in [-0.2, -0.15) is 10.5 Å². The third-order valence-corrected chi connectivity index (χ3v) is 6.16. The number of hydrazine groups is 1. The van der Waals surface area contributed by atoms with Crippen molar-refractivity contribution in [1.82, 2.24) is 20.8 Å². The van der Waals surface area contributed by atoms with Gasteiger partial charge in [-0.05, 0) is 37.5 Å². The van der Waals surface area contributed by atoms with Crippen molar-refractivity contribution >= 4 is 35.2 Å². The number of nitrogens with two attached hydrogens (primary N) is 1. The number of carbonyl (C=O) groups excluding carboxylic acids is 2. The molecule has 0 spiro atoms. The Kier molecular flexibility index (Phi) is 5.84. The summed E-state index contributed by atoms with van der Waals surface area (Å²) in [5.41, 5.74) is 10.7. The Labute approximate surface area is 201 Å². The number of amidine groups is 1. The third kappa shape index (κ3) is 4.17. The van der Waals surface area contributed by atoms with Gasteiger partial charge in [0.05, 0.1) is 16.8 Å². The lowest BCUT2D eigenvalue weighted by atomic mass is 10.0. The smallest absolute Gasteiger partial charge is 0.279 e. The summed E-state index contributed by atoms with van der Waals surface area (Å²) < 4.78 is 5.93. The highest BCUT2D eigenvalue weighted by atomic mass is 35.5. The van der Waals surface area contributed by atoms with Crippen molar-refractivity contribution in [3.63, 3.8) is 0 Å². The van der Waals surface area contributed by atoms with E-state index in [0.29, 0.717) is 23.9 Å². The Morgan fingerprint density at radius 2 is 2.24 bits per heavy atom. The van der Waals surface area contributed by atoms with Crippen molar-refractivity contribution < 1.29 is 14.3 Å². The number of fused-ring (bicyclic) bond motifs is 1. The number of hydrogen-bond donors (Lipinski definition) is 3. The van der Waals surface area contributed by atoms with Crippen molar-refractivity contribution in [1.29, 1.82) is 0 Å². The number of halogens is 1. The molecule has 3 heterocycles. The van der Waals surface area contributed by atoms with E-state index in [0.717, 1.165) is 18.4 Å². The molecule has 0 saturated carbocycles. The number of ether oxygens (including phenoxy) is 1. The van der Waals surface area contributed by atoms with Crippen LogP contribution in [0.4, 0.5) is 0 Å². The molecule has 2 atom stereocenters. The summed E-state index contributed by atoms with van der Waals surface area (Å²) in [4.78, 5) is 30.4. The second-order valence-corrected chi connectivity index (χ2v) is 8.76. The monoisotopic (exact) mass is 481 g/mol. The normalized spacial score (nSPS) is 23.6. The molecule has 11 heteroatoms. The Bertz CT molecular complexity index is 1200. The molecular weight excluding hydrogens is 458 g/mol. The van der Waals surface area contributed by atoms with Gasteiger partial charge in [-0.15, -0.1) is 0 Å². The van der Waals surface area contributed by atoms with E-state index in [1.54, 1.807) is 18.2 Å². The molecule has 4 N–H and O–H groups in total. The first-order valence-corrected chi connectivity index (χ1v) is 11.4. The molecule has 0 bridgehead atoms. The van der Waals surface area contributed by atoms with Crippen molar-refractivity contribution in [3.8, 4) is 5.75 Å². The van der Waals surface area contributed by atoms with Crippen molar-refractivity contribution in [2.75, 3.05) is 6.61 Å². The summed E-state index contributed by atoms with van der Waals surface area (Å²) in [5, 5.41) is 10.2. The van der Waals surface area contributed by atoms with E-state index in [-0.39, 0.29) is 41.1 Å². The van der Waals surface area contributed by atoms with E-state index in [1.165, 1.54) is 16.1 Å². The number of rotatable bonds is 5. The van der Waals surface area contributed by atoms with E-state index in [2.05, 4.69) is 26.9 Å². The van der Waals surface area contributed by atoms with Crippen molar-refractivity contribution in [2.24, 2.45) is 15.8 Å². The molecule has 1 aromatic rings. The Balaban J connectivity index is 1.31. The van der Waals surface area contributed by atoms with Crippen LogP contribution in [0.25, 0.3) is 0 Å². The van der Waals surface area contributed by atoms with Crippen molar-refractivity contribution in [3.05, 3.63) is 64.4 Å². The summed E-state index contributed by atoms with van der Waals surface area (Å²) in [6.07, 6.45) is 9.57. The van der Waals surface area contributed by atoms with Crippen LogP contribution in [0.3, 0.4) is 0 Å². The maximum atomic E-state index is 13.2. The van der Waals surface area contributed by atoms with Gasteiger partial charge in [0.25, 0.3) is 11.8 Å². The second-order valence-electron chi connectivity index (χ2n) is 8.36. The zero-order valence-corrected chi connectivity index (χ0v) is 19.2. The molecule has 4 aliphatic rings. The molecule has 0 aromatic heterocycles. The molecule has 34 heavy (non-hydrogen) atoms. The average molecular weight is 482 g/mol. The fraction of sp³-hybridized carbons (Fsp3) is 0.304. The van der Waals surface area contributed by atoms with Gasteiger partial charge in [0.2, 0.25) is 5.96 Å². The Hall–Kier alpha value is -3.63. The lowest BCUT2D eigenvalue weighted by molar-refractivity contribution is -0.124. The first-order valence-electron chi connectivity index (χ1n) is 11.0. The number of aliphatic imine (C=N–C) groups is 1. The lowest BCUT2D eigenvalue weighted by Crippen LogP contribution is -2.52. The number of nitrogens with one attached hydrogen (secondary N) is 2. The molecular formula is C23H24ClN7O3. The molecule has 5 rings (SSSR count). The predicted octanol–water partition coefficient (Wildman–Crippen LogP) is 2.02. The van der Waals surface area contributed by atoms with E-state index in [9.17, 15) is 9.59 Å². The highest BCUT2D eigenvalue weighted by Gasteiger charge is 2.35. The van der Waals surface area contributed by atoms with Crippen LogP contribution >= 0.6 is 11.6 Å². The number of nitrogens with zero attached hydrogens (tertiary/aromatic N) is 4. The minimum absolute atomic E-state index is 0.0102. The van der Waals surface area contributed by atoms with Crippen LogP contribution in [0.2, 0.25) is 5.02 Å². The lowest BCUT2D eigenvalue weighted by Gasteiger charge is -2.25. The number of carbonyl (C=O) groups is 2. The van der Waals surface area contributed by atoms with Gasteiger partial charge >= 0.3 is 0 Å². The maximum absolute atomic E-state index is 13.2. The van der Waals surface area contributed by atoms with Gasteiger partial charge < -0.3 is 15.8 Å². The highest BCUT2D eigenvalue weighted by molar-refractivity contribution is 6.34. The molecule has 0 radical (unpaired) electrons. The molecule has 1 aromatic carbocycles. The molecule has 0 saturated heterocycles. The van der Waals surface area contributed by atoms with Gasteiger partial charge in [0.15, 0.2) is 0 Å². The number of guanidine groups is 1. The zero-order chi connectivity index (χ0) is 23.8. The maximum Gasteiger partial charge on any atom is 0.279 e. The zero-order valence-electron chi connectivity index (χ0n) is 18.5. The van der Waals surface area contributed by atoms with Gasteiger partial charge in [-0.25, -0.2) is 15.0 Å². The SMILES string of the molecule is CC1CC(N)=NN1C(=O)c1c(Cl)cccc1OCC1=CC(=O)N2NC(C3=CC=CCC3)N=C2N1. The van der Waals surface area contributed by atoms with Crippen molar-refractivity contribution in [2.45, 2.75) is 38.4 Å². The minimum atomic E-state index is -0.400. The molecule has 2 unspecified atom stereocenters. The Morgan fingerprint density at radius 1 is 1.38 bits per heavy atom. The van der Waals surface area contributed by atoms with E-state index >= 15 is 0 Å². The first kappa shape index (κ1) is 22.2. The van der Waals surface area contributed by atoms with Crippen LogP contribution in [0.5, 0.6) is 5.75 Å². The molecule has 176 valence electrons. The molecule has 0 fully saturated rings. The van der Waals surface area contributed by atoms with Crippen LogP contribution in [-0.2, 0) is 4.79 Å². The summed E-state index contributed by atoms with van der Waals surface area (Å²) in [6, 6.07) is 4.77. The standard InChI is InChI=1S/C23H24ClN7O3/c1-13-10-18(25)28-30(13)22(33)20-16(24)8-5-9-17(20)34-12-15-11-19(32)31-23(26-15)27-21(29-31)14-6-3-2-4-7-14/h2-3,5-6,8-9,11,13,21,29H,4,7,10,12H2,1H3,(H2,25,28)(H,26,27). The summed E-state index contributed by atoms with van der Waals surface area (Å²) in [7, 11) is 0. The molecule has 3 aliphatic heterocycles. The number of allylic oxidation sites excluding steroid dienone is 3. The van der Waals surface area contributed by atoms with Gasteiger partial charge in [0.1, 0.15) is 29.9 Å². The number of amides is 2. The van der Waals surface area contributed by atoms with E-state index in [1.807, 2.05) is 19.1 Å². The van der Waals surface area contributed by atoms with E-state index < -0.39 is 5.91 Å². The second kappa shape index (κ2) is 8.96. The van der Waals surface area contributed by atoms with Crippen LogP contribution in [-0.4, -0.2) is 52.4 Å². The predicted molar refractivity (Wildman–Crippen MR) is 128 cm³/mol. The Morgan fingerprint density at radius 3 is 2.97 bits per heavy atom. The largest absolute Gasteiger partial charge is 0.486 e. The van der Waals surface area contributed by atoms with Crippen LogP contribution in [0.15, 0.2) is 63.9 Å². The highest BCUT2D eigenvalue weighted by Crippen LogP contribution is 2.30. The molecule has 10 nitrogen and oxygen atoms in total. The van der Waals surface area contributed by atoms with Crippen LogP contribution in [0.1, 0.15) is 36.5 Å². The number of hydrazone groups is 1. The quantitative estimate of drug-likeness (QED) is 0.591.